The molecule has 0 saturated heterocycles. The lowest BCUT2D eigenvalue weighted by Crippen LogP contribution is -2.20. The topological polar surface area (TPSA) is 100 Å². The van der Waals surface area contributed by atoms with Gasteiger partial charge in [0.25, 0.3) is 11.8 Å². The first-order valence-electron chi connectivity index (χ1n) is 10.5. The molecule has 0 heterocycles. The Hall–Kier alpha value is -4.57. The predicted molar refractivity (Wildman–Crippen MR) is 132 cm³/mol. The Kier molecular flexibility index (Phi) is 8.03. The van der Waals surface area contributed by atoms with E-state index in [0.717, 1.165) is 11.1 Å². The highest BCUT2D eigenvalue weighted by atomic mass is 16.5. The second-order valence-corrected chi connectivity index (χ2v) is 7.61. The van der Waals surface area contributed by atoms with E-state index in [1.807, 2.05) is 62.4 Å². The summed E-state index contributed by atoms with van der Waals surface area (Å²) in [6, 6.07) is 21.6. The van der Waals surface area contributed by atoms with Crippen molar-refractivity contribution >= 4 is 29.3 Å². The molecule has 0 radical (unpaired) electrons. The molecule has 0 unspecified atom stereocenters. The number of anilines is 2. The summed E-state index contributed by atoms with van der Waals surface area (Å²) in [5.41, 5.74) is 3.89. The summed E-state index contributed by atoms with van der Waals surface area (Å²) in [5, 5.41) is 15.0. The van der Waals surface area contributed by atoms with Crippen molar-refractivity contribution in [3.8, 4) is 17.6 Å². The van der Waals surface area contributed by atoms with E-state index in [4.69, 9.17) is 9.47 Å². The number of carbonyl (C=O) groups is 2. The van der Waals surface area contributed by atoms with Gasteiger partial charge in [0, 0.05) is 11.4 Å². The average Bonchev–Trinajstić information content (AvgIpc) is 2.82. The smallest absolute Gasteiger partial charge is 0.266 e. The van der Waals surface area contributed by atoms with Crippen LogP contribution in [0.5, 0.6) is 11.5 Å². The summed E-state index contributed by atoms with van der Waals surface area (Å²) < 4.78 is 11.0. The van der Waals surface area contributed by atoms with Gasteiger partial charge in [-0.25, -0.2) is 0 Å². The second kappa shape index (κ2) is 11.3. The third-order valence-electron chi connectivity index (χ3n) is 4.83. The zero-order valence-electron chi connectivity index (χ0n) is 19.2. The number of benzene rings is 3. The first-order valence-corrected chi connectivity index (χ1v) is 10.5. The SMILES string of the molecule is COc1cc(/C=C(\C#N)C(=O)Nc2cccc(C)c2)ccc1OCC(=O)Nc1ccc(C)cc1. The number of rotatable bonds is 8. The molecule has 0 saturated carbocycles. The normalized spacial score (nSPS) is 10.7. The molecule has 0 fully saturated rings. The van der Waals surface area contributed by atoms with Gasteiger partial charge in [-0.15, -0.1) is 0 Å². The minimum atomic E-state index is -0.514. The van der Waals surface area contributed by atoms with Gasteiger partial charge in [0.15, 0.2) is 18.1 Å². The van der Waals surface area contributed by atoms with Crippen LogP contribution in [-0.4, -0.2) is 25.5 Å². The minimum Gasteiger partial charge on any atom is -0.493 e. The Labute approximate surface area is 198 Å². The van der Waals surface area contributed by atoms with Gasteiger partial charge in [0.1, 0.15) is 11.6 Å². The van der Waals surface area contributed by atoms with Crippen LogP contribution in [0.2, 0.25) is 0 Å². The standard InChI is InChI=1S/C27H25N3O4/c1-18-7-10-22(11-8-18)29-26(31)17-34-24-12-9-20(15-25(24)33-3)14-21(16-28)27(32)30-23-6-4-5-19(2)13-23/h4-15H,17H2,1-3H3,(H,29,31)(H,30,32)/b21-14+. The Balaban J connectivity index is 1.67. The number of hydrogen-bond acceptors (Lipinski definition) is 5. The van der Waals surface area contributed by atoms with Crippen LogP contribution in [0, 0.1) is 25.2 Å². The third-order valence-corrected chi connectivity index (χ3v) is 4.83. The Morgan fingerprint density at radius 3 is 2.35 bits per heavy atom. The molecule has 0 aliphatic heterocycles. The number of ether oxygens (including phenoxy) is 2. The van der Waals surface area contributed by atoms with E-state index in [0.29, 0.717) is 28.4 Å². The molecule has 2 N–H and O–H groups in total. The minimum absolute atomic E-state index is 0.0605. The van der Waals surface area contributed by atoms with Crippen molar-refractivity contribution in [1.82, 2.24) is 0 Å². The summed E-state index contributed by atoms with van der Waals surface area (Å²) in [4.78, 5) is 24.7. The van der Waals surface area contributed by atoms with Crippen LogP contribution in [0.4, 0.5) is 11.4 Å². The van der Waals surface area contributed by atoms with Gasteiger partial charge in [-0.2, -0.15) is 5.26 Å². The van der Waals surface area contributed by atoms with Gasteiger partial charge in [-0.1, -0.05) is 35.9 Å². The lowest BCUT2D eigenvalue weighted by molar-refractivity contribution is -0.118. The Bertz CT molecular complexity index is 1260. The van der Waals surface area contributed by atoms with E-state index in [1.54, 1.807) is 24.3 Å². The number of hydrogen-bond donors (Lipinski definition) is 2. The second-order valence-electron chi connectivity index (χ2n) is 7.61. The van der Waals surface area contributed by atoms with Crippen LogP contribution < -0.4 is 20.1 Å². The molecule has 0 aromatic heterocycles. The fourth-order valence-corrected chi connectivity index (χ4v) is 3.11. The number of carbonyl (C=O) groups excluding carboxylic acids is 2. The lowest BCUT2D eigenvalue weighted by Gasteiger charge is -2.12. The number of amides is 2. The van der Waals surface area contributed by atoms with Crippen molar-refractivity contribution in [2.45, 2.75) is 13.8 Å². The van der Waals surface area contributed by atoms with Crippen molar-refractivity contribution in [2.75, 3.05) is 24.4 Å². The molecule has 3 aromatic carbocycles. The first-order chi connectivity index (χ1) is 16.4. The molecule has 0 atom stereocenters. The molecule has 0 spiro atoms. The zero-order valence-corrected chi connectivity index (χ0v) is 19.2. The molecule has 7 heteroatoms. The number of nitriles is 1. The van der Waals surface area contributed by atoms with E-state index in [-0.39, 0.29) is 18.1 Å². The number of nitrogens with one attached hydrogen (secondary N) is 2. The average molecular weight is 456 g/mol. The summed E-state index contributed by atoms with van der Waals surface area (Å²) >= 11 is 0. The molecular formula is C27H25N3O4. The van der Waals surface area contributed by atoms with Gasteiger partial charge in [0.05, 0.1) is 7.11 Å². The van der Waals surface area contributed by atoms with Gasteiger partial charge < -0.3 is 20.1 Å². The summed E-state index contributed by atoms with van der Waals surface area (Å²) in [5.74, 6) is -0.0932. The highest BCUT2D eigenvalue weighted by Crippen LogP contribution is 2.29. The maximum absolute atomic E-state index is 12.5. The highest BCUT2D eigenvalue weighted by Gasteiger charge is 2.12. The lowest BCUT2D eigenvalue weighted by atomic mass is 10.1. The molecule has 3 aromatic rings. The molecule has 7 nitrogen and oxygen atoms in total. The van der Waals surface area contributed by atoms with Gasteiger partial charge >= 0.3 is 0 Å². The Morgan fingerprint density at radius 2 is 1.68 bits per heavy atom. The fraction of sp³-hybridized carbons (Fsp3) is 0.148. The van der Waals surface area contributed by atoms with Crippen LogP contribution in [0.3, 0.4) is 0 Å². The van der Waals surface area contributed by atoms with E-state index in [2.05, 4.69) is 10.6 Å². The van der Waals surface area contributed by atoms with Crippen molar-refractivity contribution < 1.29 is 19.1 Å². The Morgan fingerprint density at radius 1 is 0.912 bits per heavy atom. The van der Waals surface area contributed by atoms with E-state index >= 15 is 0 Å². The third kappa shape index (κ3) is 6.71. The first kappa shape index (κ1) is 24.1. The van der Waals surface area contributed by atoms with Crippen molar-refractivity contribution in [1.29, 1.82) is 5.26 Å². The molecule has 2 amide bonds. The molecular weight excluding hydrogens is 430 g/mol. The zero-order chi connectivity index (χ0) is 24.5. The quantitative estimate of drug-likeness (QED) is 0.373. The van der Waals surface area contributed by atoms with Gasteiger partial charge in [-0.3, -0.25) is 9.59 Å². The molecule has 172 valence electrons. The van der Waals surface area contributed by atoms with E-state index in [9.17, 15) is 14.9 Å². The molecule has 34 heavy (non-hydrogen) atoms. The monoisotopic (exact) mass is 455 g/mol. The van der Waals surface area contributed by atoms with Crippen molar-refractivity contribution in [2.24, 2.45) is 0 Å². The maximum Gasteiger partial charge on any atom is 0.266 e. The summed E-state index contributed by atoms with van der Waals surface area (Å²) in [6.45, 7) is 3.68. The van der Waals surface area contributed by atoms with E-state index in [1.165, 1.54) is 13.2 Å². The fourth-order valence-electron chi connectivity index (χ4n) is 3.11. The van der Waals surface area contributed by atoms with Crippen LogP contribution >= 0.6 is 0 Å². The van der Waals surface area contributed by atoms with E-state index < -0.39 is 5.91 Å². The number of nitrogens with zero attached hydrogens (tertiary/aromatic N) is 1. The molecule has 0 aliphatic carbocycles. The maximum atomic E-state index is 12.5. The number of methoxy groups -OCH3 is 1. The van der Waals surface area contributed by atoms with Crippen molar-refractivity contribution in [3.05, 3.63) is 89.0 Å². The van der Waals surface area contributed by atoms with Crippen molar-refractivity contribution in [3.63, 3.8) is 0 Å². The van der Waals surface area contributed by atoms with Crippen LogP contribution in [0.15, 0.2) is 72.3 Å². The largest absolute Gasteiger partial charge is 0.493 e. The number of aryl methyl sites for hydroxylation is 2. The summed E-state index contributed by atoms with van der Waals surface area (Å²) in [6.07, 6.45) is 1.46. The van der Waals surface area contributed by atoms with Gasteiger partial charge in [0.2, 0.25) is 0 Å². The highest BCUT2D eigenvalue weighted by molar-refractivity contribution is 6.09. The molecule has 3 rings (SSSR count). The molecule has 0 aliphatic rings. The van der Waals surface area contributed by atoms with Crippen LogP contribution in [0.1, 0.15) is 16.7 Å². The predicted octanol–water partition coefficient (Wildman–Crippen LogP) is 4.88. The van der Waals surface area contributed by atoms with Crippen LogP contribution in [-0.2, 0) is 9.59 Å². The van der Waals surface area contributed by atoms with Gasteiger partial charge in [-0.05, 0) is 67.4 Å². The molecule has 0 bridgehead atoms. The summed E-state index contributed by atoms with van der Waals surface area (Å²) in [7, 11) is 1.47. The van der Waals surface area contributed by atoms with Crippen LogP contribution in [0.25, 0.3) is 6.08 Å².